The molecule has 0 amide bonds. The summed E-state index contributed by atoms with van der Waals surface area (Å²) >= 11 is 0. The summed E-state index contributed by atoms with van der Waals surface area (Å²) in [7, 11) is 0. The first-order chi connectivity index (χ1) is 11.2. The van der Waals surface area contributed by atoms with Gasteiger partial charge in [0.05, 0.1) is 17.1 Å². The van der Waals surface area contributed by atoms with E-state index in [9.17, 15) is 0 Å². The molecular weight excluding hydrogens is 290 g/mol. The van der Waals surface area contributed by atoms with Crippen molar-refractivity contribution >= 4 is 22.6 Å². The summed E-state index contributed by atoms with van der Waals surface area (Å²) in [5, 5.41) is 7.74. The van der Waals surface area contributed by atoms with Crippen molar-refractivity contribution in [2.24, 2.45) is 0 Å². The van der Waals surface area contributed by atoms with Crippen molar-refractivity contribution in [3.8, 4) is 0 Å². The minimum Gasteiger partial charge on any atom is -0.360 e. The van der Waals surface area contributed by atoms with Crippen LogP contribution in [0, 0.1) is 6.92 Å². The van der Waals surface area contributed by atoms with Crippen molar-refractivity contribution in [1.82, 2.24) is 29.5 Å². The van der Waals surface area contributed by atoms with Crippen LogP contribution in [0.5, 0.6) is 0 Å². The minimum atomic E-state index is 0.0524. The molecular formula is C16H17N7. The van der Waals surface area contributed by atoms with E-state index in [1.807, 2.05) is 37.3 Å². The van der Waals surface area contributed by atoms with Crippen molar-refractivity contribution in [1.29, 1.82) is 0 Å². The summed E-state index contributed by atoms with van der Waals surface area (Å²) < 4.78 is 1.71. The molecule has 0 saturated carbocycles. The number of nitrogens with zero attached hydrogens (tertiary/aromatic N) is 5. The maximum absolute atomic E-state index is 4.69. The van der Waals surface area contributed by atoms with E-state index in [4.69, 9.17) is 4.98 Å². The number of aryl methyl sites for hydroxylation is 1. The molecule has 3 aromatic heterocycles. The molecule has 0 aliphatic rings. The minimum absolute atomic E-state index is 0.0524. The Balaban J connectivity index is 1.73. The molecule has 1 aromatic carbocycles. The van der Waals surface area contributed by atoms with Gasteiger partial charge in [0.2, 0.25) is 0 Å². The molecule has 23 heavy (non-hydrogen) atoms. The fraction of sp³-hybridized carbons (Fsp3) is 0.250. The number of imidazole rings is 1. The maximum atomic E-state index is 4.69. The van der Waals surface area contributed by atoms with Gasteiger partial charge in [0.15, 0.2) is 0 Å². The van der Waals surface area contributed by atoms with Crippen LogP contribution in [-0.4, -0.2) is 29.5 Å². The van der Waals surface area contributed by atoms with E-state index in [2.05, 4.69) is 32.3 Å². The quantitative estimate of drug-likeness (QED) is 0.605. The van der Waals surface area contributed by atoms with Gasteiger partial charge in [0.25, 0.3) is 5.78 Å². The van der Waals surface area contributed by atoms with Crippen LogP contribution in [0.2, 0.25) is 0 Å². The second-order valence-electron chi connectivity index (χ2n) is 5.50. The van der Waals surface area contributed by atoms with Crippen LogP contribution < -0.4 is 5.32 Å². The molecule has 116 valence electrons. The van der Waals surface area contributed by atoms with Gasteiger partial charge < -0.3 is 10.3 Å². The van der Waals surface area contributed by atoms with E-state index in [1.54, 1.807) is 4.52 Å². The third kappa shape index (κ3) is 2.40. The van der Waals surface area contributed by atoms with Crippen LogP contribution in [0.15, 0.2) is 36.7 Å². The third-order valence-electron chi connectivity index (χ3n) is 3.85. The highest BCUT2D eigenvalue weighted by atomic mass is 15.4. The van der Waals surface area contributed by atoms with Crippen LogP contribution in [0.3, 0.4) is 0 Å². The third-order valence-corrected chi connectivity index (χ3v) is 3.85. The molecule has 3 heterocycles. The summed E-state index contributed by atoms with van der Waals surface area (Å²) in [6, 6.07) is 10.1. The highest BCUT2D eigenvalue weighted by Gasteiger charge is 2.16. The highest BCUT2D eigenvalue weighted by molar-refractivity contribution is 5.74. The van der Waals surface area contributed by atoms with Gasteiger partial charge in [-0.25, -0.2) is 9.97 Å². The standard InChI is InChI=1S/C16H17N7/c1-3-11(15-21-12-6-4-5-7-13(12)22-15)20-14-8-10(2)19-16-17-9-18-23(14)16/h4-9,11,20H,3H2,1-2H3,(H,21,22). The molecule has 2 N–H and O–H groups in total. The predicted octanol–water partition coefficient (Wildman–Crippen LogP) is 2.87. The summed E-state index contributed by atoms with van der Waals surface area (Å²) in [6.07, 6.45) is 2.40. The topological polar surface area (TPSA) is 83.8 Å². The lowest BCUT2D eigenvalue weighted by Gasteiger charge is -2.16. The van der Waals surface area contributed by atoms with Crippen LogP contribution >= 0.6 is 0 Å². The van der Waals surface area contributed by atoms with Gasteiger partial charge in [-0.05, 0) is 25.5 Å². The molecule has 0 radical (unpaired) electrons. The SMILES string of the molecule is CCC(Nc1cc(C)nc2ncnn12)c1nc2ccccc2[nH]1. The number of fused-ring (bicyclic) bond motifs is 2. The number of anilines is 1. The Kier molecular flexibility index (Phi) is 3.18. The van der Waals surface area contributed by atoms with Crippen molar-refractivity contribution in [3.63, 3.8) is 0 Å². The molecule has 4 rings (SSSR count). The van der Waals surface area contributed by atoms with Crippen molar-refractivity contribution in [3.05, 3.63) is 48.2 Å². The first kappa shape index (κ1) is 13.7. The van der Waals surface area contributed by atoms with E-state index in [0.717, 1.165) is 34.8 Å². The second kappa shape index (κ2) is 5.35. The van der Waals surface area contributed by atoms with Gasteiger partial charge >= 0.3 is 0 Å². The Morgan fingerprint density at radius 1 is 1.26 bits per heavy atom. The first-order valence-electron chi connectivity index (χ1n) is 7.63. The Bertz CT molecular complexity index is 936. The van der Waals surface area contributed by atoms with Crippen molar-refractivity contribution < 1.29 is 0 Å². The second-order valence-corrected chi connectivity index (χ2v) is 5.50. The lowest BCUT2D eigenvalue weighted by molar-refractivity contribution is 0.696. The number of benzene rings is 1. The highest BCUT2D eigenvalue weighted by Crippen LogP contribution is 2.23. The zero-order valence-corrected chi connectivity index (χ0v) is 13.0. The fourth-order valence-corrected chi connectivity index (χ4v) is 2.71. The van der Waals surface area contributed by atoms with Gasteiger partial charge in [-0.3, -0.25) is 0 Å². The molecule has 7 nitrogen and oxygen atoms in total. The van der Waals surface area contributed by atoms with Gasteiger partial charge in [-0.1, -0.05) is 19.1 Å². The lowest BCUT2D eigenvalue weighted by atomic mass is 10.2. The van der Waals surface area contributed by atoms with E-state index in [-0.39, 0.29) is 6.04 Å². The van der Waals surface area contributed by atoms with Crippen LogP contribution in [0.1, 0.15) is 30.9 Å². The summed E-state index contributed by atoms with van der Waals surface area (Å²) in [6.45, 7) is 4.07. The number of aromatic amines is 1. The Hall–Kier alpha value is -2.96. The number of aromatic nitrogens is 6. The van der Waals surface area contributed by atoms with Crippen molar-refractivity contribution in [2.75, 3.05) is 5.32 Å². The average Bonchev–Trinajstić information content (AvgIpc) is 3.18. The van der Waals surface area contributed by atoms with Crippen molar-refractivity contribution in [2.45, 2.75) is 26.3 Å². The van der Waals surface area contributed by atoms with Crippen LogP contribution in [0.25, 0.3) is 16.8 Å². The average molecular weight is 307 g/mol. The predicted molar refractivity (Wildman–Crippen MR) is 88.3 cm³/mol. The molecule has 0 aliphatic heterocycles. The normalized spacial score (nSPS) is 12.8. The Labute approximate surface area is 132 Å². The molecule has 0 saturated heterocycles. The molecule has 0 spiro atoms. The summed E-state index contributed by atoms with van der Waals surface area (Å²) in [4.78, 5) is 16.6. The molecule has 4 aromatic rings. The molecule has 0 bridgehead atoms. The number of para-hydroxylation sites is 2. The fourth-order valence-electron chi connectivity index (χ4n) is 2.71. The number of hydrogen-bond donors (Lipinski definition) is 2. The van der Waals surface area contributed by atoms with Gasteiger partial charge in [-0.15, -0.1) is 0 Å². The molecule has 0 aliphatic carbocycles. The summed E-state index contributed by atoms with van der Waals surface area (Å²) in [5.74, 6) is 2.36. The number of hydrogen-bond acceptors (Lipinski definition) is 5. The van der Waals surface area contributed by atoms with Crippen LogP contribution in [0.4, 0.5) is 5.82 Å². The first-order valence-corrected chi connectivity index (χ1v) is 7.63. The molecule has 1 unspecified atom stereocenters. The van der Waals surface area contributed by atoms with E-state index < -0.39 is 0 Å². The molecule has 7 heteroatoms. The van der Waals surface area contributed by atoms with Gasteiger partial charge in [-0.2, -0.15) is 14.6 Å². The number of H-pyrrole nitrogens is 1. The molecule has 0 fully saturated rings. The zero-order valence-electron chi connectivity index (χ0n) is 13.0. The van der Waals surface area contributed by atoms with Gasteiger partial charge in [0.1, 0.15) is 18.0 Å². The Morgan fingerprint density at radius 3 is 2.96 bits per heavy atom. The van der Waals surface area contributed by atoms with E-state index in [1.165, 1.54) is 6.33 Å². The van der Waals surface area contributed by atoms with E-state index >= 15 is 0 Å². The monoisotopic (exact) mass is 307 g/mol. The van der Waals surface area contributed by atoms with Gasteiger partial charge in [0, 0.05) is 11.8 Å². The Morgan fingerprint density at radius 2 is 2.13 bits per heavy atom. The maximum Gasteiger partial charge on any atom is 0.254 e. The van der Waals surface area contributed by atoms with Crippen LogP contribution in [-0.2, 0) is 0 Å². The number of nitrogens with one attached hydrogen (secondary N) is 2. The zero-order chi connectivity index (χ0) is 15.8. The summed E-state index contributed by atoms with van der Waals surface area (Å²) in [5.41, 5.74) is 2.91. The molecule has 1 atom stereocenters. The smallest absolute Gasteiger partial charge is 0.254 e. The lowest BCUT2D eigenvalue weighted by Crippen LogP contribution is -2.14. The largest absolute Gasteiger partial charge is 0.360 e. The number of rotatable bonds is 4. The van der Waals surface area contributed by atoms with E-state index in [0.29, 0.717) is 5.78 Å².